The fourth-order valence-corrected chi connectivity index (χ4v) is 0.874. The molecule has 0 aromatic rings. The Morgan fingerprint density at radius 3 is 2.50 bits per heavy atom. The number of nitrogens with two attached hydrogens (primary N) is 1. The third-order valence-electron chi connectivity index (χ3n) is 2.30. The fourth-order valence-electron chi connectivity index (χ4n) is 0.874. The van der Waals surface area contributed by atoms with Crippen LogP contribution in [0.1, 0.15) is 33.1 Å². The SMILES string of the molecule is C=CCCC(C)(CC)CN. The first-order valence-electron chi connectivity index (χ1n) is 3.99. The first kappa shape index (κ1) is 9.70. The molecule has 0 fully saturated rings. The van der Waals surface area contributed by atoms with E-state index < -0.39 is 0 Å². The summed E-state index contributed by atoms with van der Waals surface area (Å²) in [7, 11) is 0. The van der Waals surface area contributed by atoms with Gasteiger partial charge in [0, 0.05) is 0 Å². The van der Waals surface area contributed by atoms with Gasteiger partial charge in [-0.3, -0.25) is 0 Å². The molecule has 0 aromatic heterocycles. The minimum Gasteiger partial charge on any atom is -0.330 e. The third-order valence-corrected chi connectivity index (χ3v) is 2.30. The van der Waals surface area contributed by atoms with Gasteiger partial charge in [-0.1, -0.05) is 19.9 Å². The maximum Gasteiger partial charge on any atom is -0.00232 e. The zero-order valence-corrected chi connectivity index (χ0v) is 7.19. The van der Waals surface area contributed by atoms with Gasteiger partial charge in [0.25, 0.3) is 0 Å². The zero-order chi connectivity index (χ0) is 8.04. The van der Waals surface area contributed by atoms with Gasteiger partial charge in [-0.05, 0) is 31.2 Å². The molecule has 0 aliphatic rings. The van der Waals surface area contributed by atoms with E-state index in [4.69, 9.17) is 5.73 Å². The summed E-state index contributed by atoms with van der Waals surface area (Å²) < 4.78 is 0. The first-order chi connectivity index (χ1) is 4.68. The maximum atomic E-state index is 5.62. The van der Waals surface area contributed by atoms with E-state index in [1.807, 2.05) is 6.08 Å². The molecule has 0 saturated carbocycles. The summed E-state index contributed by atoms with van der Waals surface area (Å²) in [5.41, 5.74) is 5.97. The second-order valence-corrected chi connectivity index (χ2v) is 3.20. The summed E-state index contributed by atoms with van der Waals surface area (Å²) in [4.78, 5) is 0. The molecule has 0 spiro atoms. The number of allylic oxidation sites excluding steroid dienone is 1. The van der Waals surface area contributed by atoms with Crippen LogP contribution in [0.2, 0.25) is 0 Å². The highest BCUT2D eigenvalue weighted by Gasteiger charge is 2.17. The lowest BCUT2D eigenvalue weighted by Gasteiger charge is -2.25. The molecule has 0 amide bonds. The number of rotatable bonds is 5. The molecule has 1 unspecified atom stereocenters. The summed E-state index contributed by atoms with van der Waals surface area (Å²) in [6, 6.07) is 0. The Bertz CT molecular complexity index is 92.9. The van der Waals surface area contributed by atoms with Gasteiger partial charge in [0.2, 0.25) is 0 Å². The molecule has 0 rings (SSSR count). The van der Waals surface area contributed by atoms with Crippen molar-refractivity contribution in [2.75, 3.05) is 6.54 Å². The van der Waals surface area contributed by atoms with Gasteiger partial charge in [-0.15, -0.1) is 6.58 Å². The van der Waals surface area contributed by atoms with Gasteiger partial charge in [0.15, 0.2) is 0 Å². The monoisotopic (exact) mass is 141 g/mol. The number of hydrogen-bond acceptors (Lipinski definition) is 1. The van der Waals surface area contributed by atoms with E-state index in [-0.39, 0.29) is 0 Å². The largest absolute Gasteiger partial charge is 0.330 e. The molecule has 0 aliphatic heterocycles. The van der Waals surface area contributed by atoms with Gasteiger partial charge in [-0.2, -0.15) is 0 Å². The Labute approximate surface area is 64.3 Å². The van der Waals surface area contributed by atoms with Crippen molar-refractivity contribution in [1.82, 2.24) is 0 Å². The summed E-state index contributed by atoms with van der Waals surface area (Å²) >= 11 is 0. The van der Waals surface area contributed by atoms with Crippen molar-refractivity contribution in [3.63, 3.8) is 0 Å². The van der Waals surface area contributed by atoms with E-state index in [1.165, 1.54) is 6.42 Å². The lowest BCUT2D eigenvalue weighted by Crippen LogP contribution is -2.25. The Morgan fingerprint density at radius 2 is 2.20 bits per heavy atom. The van der Waals surface area contributed by atoms with Crippen molar-refractivity contribution in [3.8, 4) is 0 Å². The lowest BCUT2D eigenvalue weighted by atomic mass is 9.83. The molecule has 1 nitrogen and oxygen atoms in total. The normalized spacial score (nSPS) is 16.3. The molecule has 1 heteroatoms. The Morgan fingerprint density at radius 1 is 1.60 bits per heavy atom. The lowest BCUT2D eigenvalue weighted by molar-refractivity contribution is 0.299. The van der Waals surface area contributed by atoms with Gasteiger partial charge in [0.05, 0.1) is 0 Å². The van der Waals surface area contributed by atoms with E-state index in [1.54, 1.807) is 0 Å². The van der Waals surface area contributed by atoms with Crippen LogP contribution in [0.3, 0.4) is 0 Å². The van der Waals surface area contributed by atoms with E-state index in [2.05, 4.69) is 20.4 Å². The summed E-state index contributed by atoms with van der Waals surface area (Å²) in [6.45, 7) is 8.90. The van der Waals surface area contributed by atoms with Crippen molar-refractivity contribution in [3.05, 3.63) is 12.7 Å². The highest BCUT2D eigenvalue weighted by Crippen LogP contribution is 2.25. The van der Waals surface area contributed by atoms with E-state index in [9.17, 15) is 0 Å². The van der Waals surface area contributed by atoms with Gasteiger partial charge >= 0.3 is 0 Å². The Balaban J connectivity index is 3.68. The van der Waals surface area contributed by atoms with Crippen LogP contribution in [0.15, 0.2) is 12.7 Å². The van der Waals surface area contributed by atoms with Crippen LogP contribution in [0.5, 0.6) is 0 Å². The quantitative estimate of drug-likeness (QED) is 0.584. The summed E-state index contributed by atoms with van der Waals surface area (Å²) in [5, 5.41) is 0. The molecular weight excluding hydrogens is 122 g/mol. The van der Waals surface area contributed by atoms with Crippen LogP contribution in [-0.4, -0.2) is 6.54 Å². The fraction of sp³-hybridized carbons (Fsp3) is 0.778. The first-order valence-corrected chi connectivity index (χ1v) is 3.99. The van der Waals surface area contributed by atoms with Gasteiger partial charge in [0.1, 0.15) is 0 Å². The van der Waals surface area contributed by atoms with E-state index in [0.717, 1.165) is 19.4 Å². The van der Waals surface area contributed by atoms with Gasteiger partial charge < -0.3 is 5.73 Å². The topological polar surface area (TPSA) is 26.0 Å². The Hall–Kier alpha value is -0.300. The Kier molecular flexibility index (Phi) is 4.37. The predicted octanol–water partition coefficient (Wildman–Crippen LogP) is 2.33. The molecule has 0 bridgehead atoms. The third kappa shape index (κ3) is 3.02. The second-order valence-electron chi connectivity index (χ2n) is 3.20. The summed E-state index contributed by atoms with van der Waals surface area (Å²) in [5.74, 6) is 0. The van der Waals surface area contributed by atoms with Gasteiger partial charge in [-0.25, -0.2) is 0 Å². The van der Waals surface area contributed by atoms with Crippen LogP contribution < -0.4 is 5.73 Å². The molecule has 0 radical (unpaired) electrons. The molecular formula is C9H19N. The molecule has 2 N–H and O–H groups in total. The molecule has 0 heterocycles. The van der Waals surface area contributed by atoms with Crippen LogP contribution in [0.25, 0.3) is 0 Å². The predicted molar refractivity (Wildman–Crippen MR) is 46.9 cm³/mol. The molecule has 0 aliphatic carbocycles. The average Bonchev–Trinajstić information content (AvgIpc) is 2.00. The molecule has 60 valence electrons. The molecule has 0 saturated heterocycles. The minimum absolute atomic E-state index is 0.341. The van der Waals surface area contributed by atoms with E-state index >= 15 is 0 Å². The highest BCUT2D eigenvalue weighted by atomic mass is 14.6. The van der Waals surface area contributed by atoms with Crippen molar-refractivity contribution in [1.29, 1.82) is 0 Å². The second kappa shape index (κ2) is 4.51. The molecule has 1 atom stereocenters. The molecule has 0 aromatic carbocycles. The minimum atomic E-state index is 0.341. The zero-order valence-electron chi connectivity index (χ0n) is 7.19. The number of hydrogen-bond donors (Lipinski definition) is 1. The highest BCUT2D eigenvalue weighted by molar-refractivity contribution is 4.78. The van der Waals surface area contributed by atoms with Crippen molar-refractivity contribution in [2.24, 2.45) is 11.1 Å². The van der Waals surface area contributed by atoms with Crippen LogP contribution in [-0.2, 0) is 0 Å². The summed E-state index contributed by atoms with van der Waals surface area (Å²) in [6.07, 6.45) is 5.38. The van der Waals surface area contributed by atoms with Crippen LogP contribution in [0.4, 0.5) is 0 Å². The van der Waals surface area contributed by atoms with E-state index in [0.29, 0.717) is 5.41 Å². The standard InChI is InChI=1S/C9H19N/c1-4-6-7-9(3,5-2)8-10/h4H,1,5-8,10H2,2-3H3. The smallest absolute Gasteiger partial charge is 0.00232 e. The average molecular weight is 141 g/mol. The van der Waals surface area contributed by atoms with Crippen molar-refractivity contribution in [2.45, 2.75) is 33.1 Å². The van der Waals surface area contributed by atoms with Crippen molar-refractivity contribution >= 4 is 0 Å². The molecule has 10 heavy (non-hydrogen) atoms. The van der Waals surface area contributed by atoms with Crippen LogP contribution in [0, 0.1) is 5.41 Å². The van der Waals surface area contributed by atoms with Crippen molar-refractivity contribution < 1.29 is 0 Å². The van der Waals surface area contributed by atoms with Crippen LogP contribution >= 0.6 is 0 Å². The maximum absolute atomic E-state index is 5.62.